The number of rotatable bonds is 4. The summed E-state index contributed by atoms with van der Waals surface area (Å²) in [6.45, 7) is 0. The minimum absolute atomic E-state index is 0.0850. The smallest absolute Gasteiger partial charge is 0.264 e. The second-order valence-corrected chi connectivity index (χ2v) is 7.18. The molecule has 0 radical (unpaired) electrons. The van der Waals surface area contributed by atoms with Crippen molar-refractivity contribution in [1.29, 1.82) is 0 Å². The van der Waals surface area contributed by atoms with Crippen molar-refractivity contribution in [2.24, 2.45) is 4.99 Å². The molecule has 3 rings (SSSR count). The van der Waals surface area contributed by atoms with Gasteiger partial charge >= 0.3 is 0 Å². The van der Waals surface area contributed by atoms with Gasteiger partial charge in [-0.25, -0.2) is 4.99 Å². The third kappa shape index (κ3) is 4.03. The number of amides is 1. The molecule has 26 heavy (non-hydrogen) atoms. The molecular formula is C18H15BrN2O4S. The maximum Gasteiger partial charge on any atom is 0.264 e. The monoisotopic (exact) mass is 434 g/mol. The van der Waals surface area contributed by atoms with Crippen molar-refractivity contribution in [3.63, 3.8) is 0 Å². The van der Waals surface area contributed by atoms with Crippen LogP contribution in [0.5, 0.6) is 17.2 Å². The first-order valence-corrected chi connectivity index (χ1v) is 9.11. The van der Waals surface area contributed by atoms with Crippen LogP contribution in [0.3, 0.4) is 0 Å². The average Bonchev–Trinajstić information content (AvgIpc) is 2.97. The van der Waals surface area contributed by atoms with Gasteiger partial charge in [-0.15, -0.1) is 0 Å². The highest BCUT2D eigenvalue weighted by atomic mass is 79.9. The number of amidine groups is 1. The molecule has 2 N–H and O–H groups in total. The van der Waals surface area contributed by atoms with Gasteiger partial charge in [0, 0.05) is 4.47 Å². The molecule has 1 saturated heterocycles. The van der Waals surface area contributed by atoms with Gasteiger partial charge < -0.3 is 19.9 Å². The van der Waals surface area contributed by atoms with E-state index in [0.717, 1.165) is 10.2 Å². The fourth-order valence-electron chi connectivity index (χ4n) is 2.26. The van der Waals surface area contributed by atoms with Crippen molar-refractivity contribution in [3.05, 3.63) is 51.3 Å². The first-order chi connectivity index (χ1) is 12.5. The fraction of sp³-hybridized carbons (Fsp3) is 0.111. The van der Waals surface area contributed by atoms with E-state index in [0.29, 0.717) is 15.6 Å². The molecular weight excluding hydrogens is 420 g/mol. The highest BCUT2D eigenvalue weighted by Gasteiger charge is 2.24. The first kappa shape index (κ1) is 18.3. The Labute approximate surface area is 163 Å². The summed E-state index contributed by atoms with van der Waals surface area (Å²) in [7, 11) is 2.90. The number of methoxy groups -OCH3 is 2. The lowest BCUT2D eigenvalue weighted by molar-refractivity contribution is -0.115. The minimum atomic E-state index is -0.239. The quantitative estimate of drug-likeness (QED) is 0.709. The number of halogens is 1. The van der Waals surface area contributed by atoms with Crippen molar-refractivity contribution in [1.82, 2.24) is 5.32 Å². The highest BCUT2D eigenvalue weighted by Crippen LogP contribution is 2.38. The fourth-order valence-corrected chi connectivity index (χ4v) is 3.37. The molecule has 0 bridgehead atoms. The summed E-state index contributed by atoms with van der Waals surface area (Å²) in [6.07, 6.45) is 1.69. The molecule has 1 fully saturated rings. The molecule has 2 aromatic carbocycles. The van der Waals surface area contributed by atoms with Crippen molar-refractivity contribution in [3.8, 4) is 17.2 Å². The van der Waals surface area contributed by atoms with E-state index in [1.165, 1.54) is 26.0 Å². The molecule has 134 valence electrons. The number of aliphatic imine (C=N–C) groups is 1. The number of nitrogens with zero attached hydrogens (tertiary/aromatic N) is 1. The molecule has 8 heteroatoms. The molecule has 1 aliphatic heterocycles. The van der Waals surface area contributed by atoms with Crippen LogP contribution in [0.15, 0.2) is 50.8 Å². The molecule has 0 aliphatic carbocycles. The molecule has 1 heterocycles. The molecule has 0 aromatic heterocycles. The largest absolute Gasteiger partial charge is 0.502 e. The zero-order chi connectivity index (χ0) is 18.7. The number of aromatic hydroxyl groups is 1. The molecule has 6 nitrogen and oxygen atoms in total. The maximum atomic E-state index is 12.2. The second kappa shape index (κ2) is 7.84. The van der Waals surface area contributed by atoms with Gasteiger partial charge in [0.2, 0.25) is 5.75 Å². The summed E-state index contributed by atoms with van der Waals surface area (Å²) >= 11 is 4.61. The lowest BCUT2D eigenvalue weighted by Crippen LogP contribution is -2.19. The van der Waals surface area contributed by atoms with Crippen LogP contribution < -0.4 is 14.8 Å². The Balaban J connectivity index is 1.88. The van der Waals surface area contributed by atoms with Crippen molar-refractivity contribution >= 4 is 50.5 Å². The summed E-state index contributed by atoms with van der Waals surface area (Å²) < 4.78 is 11.2. The molecule has 1 amide bonds. The number of thioether (sulfide) groups is 1. The van der Waals surface area contributed by atoms with Gasteiger partial charge in [0.05, 0.1) is 24.8 Å². The third-order valence-corrected chi connectivity index (χ3v) is 4.95. The lowest BCUT2D eigenvalue weighted by atomic mass is 10.1. The van der Waals surface area contributed by atoms with Crippen molar-refractivity contribution in [2.75, 3.05) is 14.2 Å². The zero-order valence-corrected chi connectivity index (χ0v) is 16.3. The number of carbonyl (C=O) groups is 1. The van der Waals surface area contributed by atoms with Gasteiger partial charge in [0.25, 0.3) is 5.91 Å². The van der Waals surface area contributed by atoms with Crippen LogP contribution in [-0.4, -0.2) is 30.4 Å². The topological polar surface area (TPSA) is 80.2 Å². The van der Waals surface area contributed by atoms with E-state index in [2.05, 4.69) is 26.2 Å². The normalized spacial score (nSPS) is 16.8. The van der Waals surface area contributed by atoms with Gasteiger partial charge in [0.1, 0.15) is 0 Å². The maximum absolute atomic E-state index is 12.2. The third-order valence-electron chi connectivity index (χ3n) is 3.51. The van der Waals surface area contributed by atoms with E-state index in [4.69, 9.17) is 9.47 Å². The van der Waals surface area contributed by atoms with E-state index in [9.17, 15) is 9.90 Å². The van der Waals surface area contributed by atoms with Crippen molar-refractivity contribution < 1.29 is 19.4 Å². The van der Waals surface area contributed by atoms with Gasteiger partial charge in [0.15, 0.2) is 16.7 Å². The van der Waals surface area contributed by atoms with Gasteiger partial charge in [-0.05, 0) is 59.8 Å². The number of hydrogen-bond donors (Lipinski definition) is 2. The number of ether oxygens (including phenoxy) is 2. The Kier molecular flexibility index (Phi) is 5.53. The summed E-state index contributed by atoms with van der Waals surface area (Å²) in [4.78, 5) is 17.1. The number of benzene rings is 2. The SMILES string of the molecule is COc1cc(C=C2SC(=Nc3ccc(Br)cc3)NC2=O)cc(OC)c1O. The van der Waals surface area contributed by atoms with E-state index < -0.39 is 0 Å². The number of carbonyl (C=O) groups excluding carboxylic acids is 1. The Morgan fingerprint density at radius 1 is 1.15 bits per heavy atom. The van der Waals surface area contributed by atoms with Crippen molar-refractivity contribution in [2.45, 2.75) is 0 Å². The van der Waals surface area contributed by atoms with E-state index in [1.54, 1.807) is 18.2 Å². The summed E-state index contributed by atoms with van der Waals surface area (Å²) in [5, 5.41) is 13.2. The van der Waals surface area contributed by atoms with Crippen LogP contribution in [0, 0.1) is 0 Å². The van der Waals surface area contributed by atoms with Gasteiger partial charge in [-0.2, -0.15) is 0 Å². The first-order valence-electron chi connectivity index (χ1n) is 7.50. The number of hydrogen-bond acceptors (Lipinski definition) is 6. The number of nitrogens with one attached hydrogen (secondary N) is 1. The predicted octanol–water partition coefficient (Wildman–Crippen LogP) is 4.06. The summed E-state index contributed by atoms with van der Waals surface area (Å²) in [5.74, 6) is 0.210. The molecule has 1 aliphatic rings. The molecule has 0 atom stereocenters. The molecule has 0 spiro atoms. The minimum Gasteiger partial charge on any atom is -0.502 e. The van der Waals surface area contributed by atoms with E-state index >= 15 is 0 Å². The van der Waals surface area contributed by atoms with Gasteiger partial charge in [-0.3, -0.25) is 4.79 Å². The average molecular weight is 435 g/mol. The summed E-state index contributed by atoms with van der Waals surface area (Å²) in [6, 6.07) is 10.7. The zero-order valence-electron chi connectivity index (χ0n) is 13.9. The van der Waals surface area contributed by atoms with Gasteiger partial charge in [-0.1, -0.05) is 15.9 Å². The van der Waals surface area contributed by atoms with Crippen LogP contribution in [-0.2, 0) is 4.79 Å². The van der Waals surface area contributed by atoms with Crippen LogP contribution in [0.25, 0.3) is 6.08 Å². The number of phenolic OH excluding ortho intramolecular Hbond substituents is 1. The van der Waals surface area contributed by atoms with E-state index in [-0.39, 0.29) is 23.2 Å². The highest BCUT2D eigenvalue weighted by molar-refractivity contribution is 9.10. The summed E-state index contributed by atoms with van der Waals surface area (Å²) in [5.41, 5.74) is 1.41. The molecule has 0 saturated carbocycles. The molecule has 0 unspecified atom stereocenters. The van der Waals surface area contributed by atoms with Crippen LogP contribution in [0.2, 0.25) is 0 Å². The predicted molar refractivity (Wildman–Crippen MR) is 106 cm³/mol. The van der Waals surface area contributed by atoms with Crippen LogP contribution >= 0.6 is 27.7 Å². The Bertz CT molecular complexity index is 885. The lowest BCUT2D eigenvalue weighted by Gasteiger charge is -2.09. The second-order valence-electron chi connectivity index (χ2n) is 5.23. The Hall–Kier alpha value is -2.45. The number of phenols is 1. The Morgan fingerprint density at radius 2 is 1.77 bits per heavy atom. The Morgan fingerprint density at radius 3 is 2.35 bits per heavy atom. The van der Waals surface area contributed by atoms with Crippen LogP contribution in [0.4, 0.5) is 5.69 Å². The standard InChI is InChI=1S/C18H15BrN2O4S/c1-24-13-7-10(8-14(25-2)16(13)22)9-15-17(23)21-18(26-15)20-12-5-3-11(19)4-6-12/h3-9,22H,1-2H3,(H,20,21,23). The van der Waals surface area contributed by atoms with Crippen LogP contribution in [0.1, 0.15) is 5.56 Å². The van der Waals surface area contributed by atoms with E-state index in [1.807, 2.05) is 24.3 Å². The molecule has 2 aromatic rings.